The van der Waals surface area contributed by atoms with E-state index in [4.69, 9.17) is 0 Å². The largest absolute Gasteiger partial charge is 0.394 e. The molecular weight excluding hydrogens is 292 g/mol. The normalized spacial score (nSPS) is 11.9. The molecule has 6 heteroatoms. The van der Waals surface area contributed by atoms with Crippen molar-refractivity contribution in [3.63, 3.8) is 0 Å². The molecule has 0 radical (unpaired) electrons. The highest BCUT2D eigenvalue weighted by atomic mass is 16.3. The highest BCUT2D eigenvalue weighted by molar-refractivity contribution is 5.95. The van der Waals surface area contributed by atoms with Crippen molar-refractivity contribution in [2.75, 3.05) is 6.61 Å². The van der Waals surface area contributed by atoms with Gasteiger partial charge in [-0.1, -0.05) is 41.6 Å². The number of hydrogen-bond donors (Lipinski definition) is 2. The highest BCUT2D eigenvalue weighted by Gasteiger charge is 2.15. The molecule has 0 saturated carbocycles. The fraction of sp³-hybridized carbons (Fsp3) is 0.118. The summed E-state index contributed by atoms with van der Waals surface area (Å²) in [5.41, 5.74) is 2.10. The molecule has 0 bridgehead atoms. The number of rotatable bonds is 5. The maximum atomic E-state index is 12.4. The van der Waals surface area contributed by atoms with Crippen LogP contribution in [0.1, 0.15) is 22.0 Å². The lowest BCUT2D eigenvalue weighted by Gasteiger charge is -2.17. The van der Waals surface area contributed by atoms with E-state index in [0.29, 0.717) is 5.56 Å². The van der Waals surface area contributed by atoms with Crippen LogP contribution in [-0.4, -0.2) is 32.6 Å². The van der Waals surface area contributed by atoms with Crippen LogP contribution in [0.25, 0.3) is 5.69 Å². The molecule has 0 saturated heterocycles. The molecule has 1 heterocycles. The second-order valence-corrected chi connectivity index (χ2v) is 5.02. The van der Waals surface area contributed by atoms with E-state index >= 15 is 0 Å². The van der Waals surface area contributed by atoms with E-state index in [-0.39, 0.29) is 12.5 Å². The van der Waals surface area contributed by atoms with Crippen molar-refractivity contribution in [3.8, 4) is 5.69 Å². The minimum absolute atomic E-state index is 0.168. The van der Waals surface area contributed by atoms with E-state index in [9.17, 15) is 9.90 Å². The van der Waals surface area contributed by atoms with E-state index in [0.717, 1.165) is 11.3 Å². The second-order valence-electron chi connectivity index (χ2n) is 5.02. The zero-order valence-electron chi connectivity index (χ0n) is 12.3. The summed E-state index contributed by atoms with van der Waals surface area (Å²) >= 11 is 0. The Morgan fingerprint density at radius 1 is 1.17 bits per heavy atom. The lowest BCUT2D eigenvalue weighted by Crippen LogP contribution is -2.30. The van der Waals surface area contributed by atoms with Crippen molar-refractivity contribution < 1.29 is 9.90 Å². The van der Waals surface area contributed by atoms with Crippen LogP contribution in [0.3, 0.4) is 0 Å². The third-order valence-electron chi connectivity index (χ3n) is 3.49. The Morgan fingerprint density at radius 3 is 2.70 bits per heavy atom. The predicted molar refractivity (Wildman–Crippen MR) is 85.1 cm³/mol. The van der Waals surface area contributed by atoms with Crippen LogP contribution in [-0.2, 0) is 0 Å². The molecule has 1 aromatic heterocycles. The van der Waals surface area contributed by atoms with Crippen molar-refractivity contribution in [2.24, 2.45) is 0 Å². The molecular formula is C17H16N4O2. The van der Waals surface area contributed by atoms with Gasteiger partial charge in [-0.2, -0.15) is 0 Å². The zero-order chi connectivity index (χ0) is 16.1. The summed E-state index contributed by atoms with van der Waals surface area (Å²) in [6, 6.07) is 16.0. The maximum Gasteiger partial charge on any atom is 0.251 e. The molecule has 6 nitrogen and oxygen atoms in total. The van der Waals surface area contributed by atoms with Crippen LogP contribution in [0.15, 0.2) is 67.0 Å². The molecule has 2 aromatic carbocycles. The number of hydrogen-bond acceptors (Lipinski definition) is 4. The number of aliphatic hydroxyl groups excluding tert-OH is 1. The van der Waals surface area contributed by atoms with Gasteiger partial charge >= 0.3 is 0 Å². The number of benzene rings is 2. The monoisotopic (exact) mass is 308 g/mol. The van der Waals surface area contributed by atoms with E-state index in [2.05, 4.69) is 15.6 Å². The maximum absolute atomic E-state index is 12.4. The molecule has 0 aliphatic heterocycles. The van der Waals surface area contributed by atoms with Gasteiger partial charge in [-0.3, -0.25) is 4.79 Å². The minimum atomic E-state index is -0.446. The number of aromatic nitrogens is 3. The van der Waals surface area contributed by atoms with Gasteiger partial charge in [-0.15, -0.1) is 5.10 Å². The molecule has 3 rings (SSSR count). The number of amides is 1. The molecule has 0 fully saturated rings. The number of carbonyl (C=O) groups is 1. The number of nitrogens with one attached hydrogen (secondary N) is 1. The minimum Gasteiger partial charge on any atom is -0.394 e. The first kappa shape index (κ1) is 14.9. The van der Waals surface area contributed by atoms with Gasteiger partial charge in [0.15, 0.2) is 0 Å². The van der Waals surface area contributed by atoms with E-state index in [1.165, 1.54) is 0 Å². The van der Waals surface area contributed by atoms with Gasteiger partial charge in [0.1, 0.15) is 0 Å². The lowest BCUT2D eigenvalue weighted by molar-refractivity contribution is 0.0916. The topological polar surface area (TPSA) is 80.0 Å². The molecule has 116 valence electrons. The van der Waals surface area contributed by atoms with Crippen molar-refractivity contribution in [1.29, 1.82) is 0 Å². The average molecular weight is 308 g/mol. The summed E-state index contributed by atoms with van der Waals surface area (Å²) in [5, 5.41) is 20.0. The van der Waals surface area contributed by atoms with Crippen molar-refractivity contribution >= 4 is 5.91 Å². The van der Waals surface area contributed by atoms with Gasteiger partial charge in [0.2, 0.25) is 0 Å². The summed E-state index contributed by atoms with van der Waals surface area (Å²) in [4.78, 5) is 12.4. The quantitative estimate of drug-likeness (QED) is 0.752. The molecule has 0 aliphatic rings. The third kappa shape index (κ3) is 3.44. The van der Waals surface area contributed by atoms with Crippen molar-refractivity contribution in [2.45, 2.75) is 6.04 Å². The van der Waals surface area contributed by atoms with Crippen LogP contribution >= 0.6 is 0 Å². The fourth-order valence-corrected chi connectivity index (χ4v) is 2.30. The smallest absolute Gasteiger partial charge is 0.251 e. The summed E-state index contributed by atoms with van der Waals surface area (Å²) in [6.45, 7) is -0.168. The number of aliphatic hydroxyl groups is 1. The van der Waals surface area contributed by atoms with E-state index in [1.54, 1.807) is 35.3 Å². The average Bonchev–Trinajstić information content (AvgIpc) is 3.15. The van der Waals surface area contributed by atoms with Gasteiger partial charge in [-0.05, 0) is 23.8 Å². The van der Waals surface area contributed by atoms with Crippen molar-refractivity contribution in [3.05, 3.63) is 78.1 Å². The Labute approximate surface area is 133 Å². The van der Waals surface area contributed by atoms with Gasteiger partial charge in [0.05, 0.1) is 30.7 Å². The Kier molecular flexibility index (Phi) is 4.44. The zero-order valence-corrected chi connectivity index (χ0v) is 12.3. The van der Waals surface area contributed by atoms with Crippen LogP contribution in [0.4, 0.5) is 0 Å². The van der Waals surface area contributed by atoms with E-state index in [1.807, 2.05) is 36.4 Å². The van der Waals surface area contributed by atoms with E-state index < -0.39 is 6.04 Å². The Bertz CT molecular complexity index is 772. The first-order chi connectivity index (χ1) is 11.3. The highest BCUT2D eigenvalue weighted by Crippen LogP contribution is 2.14. The Hall–Kier alpha value is -2.99. The molecule has 1 unspecified atom stereocenters. The molecule has 23 heavy (non-hydrogen) atoms. The Morgan fingerprint density at radius 2 is 2.00 bits per heavy atom. The molecule has 3 aromatic rings. The molecule has 2 N–H and O–H groups in total. The predicted octanol–water partition coefficient (Wildman–Crippen LogP) is 1.73. The number of nitrogens with zero attached hydrogens (tertiary/aromatic N) is 3. The van der Waals surface area contributed by atoms with Crippen molar-refractivity contribution in [1.82, 2.24) is 20.3 Å². The van der Waals surface area contributed by atoms with Gasteiger partial charge < -0.3 is 10.4 Å². The lowest BCUT2D eigenvalue weighted by atomic mass is 10.1. The Balaban J connectivity index is 1.79. The van der Waals surface area contributed by atoms with Gasteiger partial charge in [-0.25, -0.2) is 4.68 Å². The van der Waals surface area contributed by atoms with Crippen LogP contribution in [0.5, 0.6) is 0 Å². The van der Waals surface area contributed by atoms with Gasteiger partial charge in [0.25, 0.3) is 5.91 Å². The third-order valence-corrected chi connectivity index (χ3v) is 3.49. The summed E-state index contributed by atoms with van der Waals surface area (Å²) in [6.07, 6.45) is 3.28. The summed E-state index contributed by atoms with van der Waals surface area (Å²) in [5.74, 6) is -0.255. The molecule has 1 amide bonds. The molecule has 0 aliphatic carbocycles. The fourth-order valence-electron chi connectivity index (χ4n) is 2.30. The van der Waals surface area contributed by atoms with Crippen LogP contribution in [0.2, 0.25) is 0 Å². The first-order valence-electron chi connectivity index (χ1n) is 7.21. The molecule has 0 spiro atoms. The molecule has 1 atom stereocenters. The van der Waals surface area contributed by atoms with Gasteiger partial charge in [0, 0.05) is 5.56 Å². The summed E-state index contributed by atoms with van der Waals surface area (Å²) in [7, 11) is 0. The SMILES string of the molecule is O=C(NC(CO)c1ccccc1)c1cccc(-n2ccnn2)c1. The number of carbonyl (C=O) groups excluding carboxylic acids is 1. The van der Waals surface area contributed by atoms with Crippen LogP contribution < -0.4 is 5.32 Å². The van der Waals surface area contributed by atoms with Crippen LogP contribution in [0, 0.1) is 0 Å². The first-order valence-corrected chi connectivity index (χ1v) is 7.21. The summed E-state index contributed by atoms with van der Waals surface area (Å²) < 4.78 is 1.58. The standard InChI is InChI=1S/C17H16N4O2/c22-12-16(13-5-2-1-3-6-13)19-17(23)14-7-4-8-15(11-14)21-10-9-18-20-21/h1-11,16,22H,12H2,(H,19,23). The second kappa shape index (κ2) is 6.85.